The van der Waals surface area contributed by atoms with Gasteiger partial charge in [0.15, 0.2) is 6.04 Å². The lowest BCUT2D eigenvalue weighted by molar-refractivity contribution is -0.144. The first-order chi connectivity index (χ1) is 9.60. The molecule has 0 aliphatic heterocycles. The second-order valence-electron chi connectivity index (χ2n) is 4.28. The molecule has 106 valence electrons. The smallest absolute Gasteiger partial charge is 0.333 e. The van der Waals surface area contributed by atoms with Gasteiger partial charge in [0.25, 0.3) is 0 Å². The number of anilines is 1. The molecule has 0 fully saturated rings. The first kappa shape index (κ1) is 14.6. The molecule has 1 atom stereocenters. The van der Waals surface area contributed by atoms with Crippen LogP contribution in [-0.4, -0.2) is 22.4 Å². The van der Waals surface area contributed by atoms with Gasteiger partial charge in [-0.2, -0.15) is 5.10 Å². The van der Waals surface area contributed by atoms with Gasteiger partial charge in [0.2, 0.25) is 0 Å². The molecule has 20 heavy (non-hydrogen) atoms. The molecule has 0 amide bonds. The molecule has 0 aliphatic rings. The van der Waals surface area contributed by atoms with E-state index in [1.54, 1.807) is 24.0 Å². The van der Waals surface area contributed by atoms with Crippen molar-refractivity contribution in [2.24, 2.45) is 7.05 Å². The van der Waals surface area contributed by atoms with Gasteiger partial charge >= 0.3 is 5.97 Å². The zero-order chi connectivity index (χ0) is 14.5. The number of carbonyl (C=O) groups excluding carboxylic acids is 1. The van der Waals surface area contributed by atoms with Crippen molar-refractivity contribution in [3.05, 3.63) is 46.7 Å². The van der Waals surface area contributed by atoms with Crippen LogP contribution in [0.5, 0.6) is 0 Å². The molecule has 6 heteroatoms. The summed E-state index contributed by atoms with van der Waals surface area (Å²) in [5, 5.41) is 7.27. The van der Waals surface area contributed by atoms with Gasteiger partial charge in [-0.1, -0.05) is 15.9 Å². The normalized spacial score (nSPS) is 11.9. The Hall–Kier alpha value is -1.82. The predicted octanol–water partition coefficient (Wildman–Crippen LogP) is 2.90. The number of halogens is 1. The highest BCUT2D eigenvalue weighted by Gasteiger charge is 2.23. The van der Waals surface area contributed by atoms with E-state index in [0.29, 0.717) is 6.61 Å². The monoisotopic (exact) mass is 337 g/mol. The Bertz CT molecular complexity index is 580. The number of ether oxygens (including phenoxy) is 1. The van der Waals surface area contributed by atoms with Crippen LogP contribution in [-0.2, 0) is 16.6 Å². The fourth-order valence-corrected chi connectivity index (χ4v) is 2.07. The van der Waals surface area contributed by atoms with Crippen LogP contribution in [0.4, 0.5) is 5.69 Å². The van der Waals surface area contributed by atoms with Crippen LogP contribution >= 0.6 is 15.9 Å². The van der Waals surface area contributed by atoms with Crippen LogP contribution in [0, 0.1) is 0 Å². The molecule has 1 unspecified atom stereocenters. The average Bonchev–Trinajstić information content (AvgIpc) is 2.84. The first-order valence-corrected chi connectivity index (χ1v) is 7.06. The lowest BCUT2D eigenvalue weighted by atomic mass is 10.1. The molecule has 0 saturated heterocycles. The standard InChI is InChI=1S/C14H16BrN3O2/c1-3-20-14(19)13(10-8-16-18(2)9-10)17-12-6-4-11(15)5-7-12/h4-9,13,17H,3H2,1-2H3. The maximum atomic E-state index is 12.1. The third-order valence-corrected chi connectivity index (χ3v) is 3.26. The Morgan fingerprint density at radius 2 is 2.15 bits per heavy atom. The molecule has 0 spiro atoms. The predicted molar refractivity (Wildman–Crippen MR) is 80.3 cm³/mol. The van der Waals surface area contributed by atoms with Crippen molar-refractivity contribution in [1.82, 2.24) is 9.78 Å². The Morgan fingerprint density at radius 1 is 1.45 bits per heavy atom. The van der Waals surface area contributed by atoms with Crippen LogP contribution in [0.1, 0.15) is 18.5 Å². The number of hydrogen-bond donors (Lipinski definition) is 1. The number of aryl methyl sites for hydroxylation is 1. The van der Waals surface area contributed by atoms with E-state index in [-0.39, 0.29) is 5.97 Å². The molecule has 1 N–H and O–H groups in total. The number of rotatable bonds is 5. The van der Waals surface area contributed by atoms with Crippen molar-refractivity contribution in [2.45, 2.75) is 13.0 Å². The maximum Gasteiger partial charge on any atom is 0.333 e. The molecule has 0 radical (unpaired) electrons. The number of carbonyl (C=O) groups is 1. The minimum Gasteiger partial charge on any atom is -0.464 e. The largest absolute Gasteiger partial charge is 0.464 e. The minimum absolute atomic E-state index is 0.316. The molecule has 1 aromatic carbocycles. The summed E-state index contributed by atoms with van der Waals surface area (Å²) in [7, 11) is 1.81. The summed E-state index contributed by atoms with van der Waals surface area (Å²) >= 11 is 3.38. The summed E-state index contributed by atoms with van der Waals surface area (Å²) in [5.74, 6) is -0.316. The highest BCUT2D eigenvalue weighted by atomic mass is 79.9. The van der Waals surface area contributed by atoms with Gasteiger partial charge in [-0.15, -0.1) is 0 Å². The number of aromatic nitrogens is 2. The maximum absolute atomic E-state index is 12.1. The SMILES string of the molecule is CCOC(=O)C(Nc1ccc(Br)cc1)c1cnn(C)c1. The molecular weight excluding hydrogens is 322 g/mol. The van der Waals surface area contributed by atoms with Crippen LogP contribution in [0.3, 0.4) is 0 Å². The van der Waals surface area contributed by atoms with E-state index >= 15 is 0 Å². The average molecular weight is 338 g/mol. The van der Waals surface area contributed by atoms with Crippen LogP contribution in [0.25, 0.3) is 0 Å². The van der Waals surface area contributed by atoms with E-state index in [4.69, 9.17) is 4.74 Å². The fourth-order valence-electron chi connectivity index (χ4n) is 1.81. The summed E-state index contributed by atoms with van der Waals surface area (Å²) in [6.07, 6.45) is 3.46. The first-order valence-electron chi connectivity index (χ1n) is 6.27. The van der Waals surface area contributed by atoms with E-state index in [1.165, 1.54) is 0 Å². The van der Waals surface area contributed by atoms with Gasteiger partial charge < -0.3 is 10.1 Å². The summed E-state index contributed by atoms with van der Waals surface area (Å²) < 4.78 is 7.76. The summed E-state index contributed by atoms with van der Waals surface area (Å²) in [4.78, 5) is 12.1. The van der Waals surface area contributed by atoms with Gasteiger partial charge in [-0.3, -0.25) is 4.68 Å². The summed E-state index contributed by atoms with van der Waals surface area (Å²) in [6.45, 7) is 2.13. The van der Waals surface area contributed by atoms with Crippen LogP contribution in [0.2, 0.25) is 0 Å². The van der Waals surface area contributed by atoms with Crippen molar-refractivity contribution in [2.75, 3.05) is 11.9 Å². The number of esters is 1. The van der Waals surface area contributed by atoms with Crippen molar-refractivity contribution in [3.8, 4) is 0 Å². The molecule has 2 rings (SSSR count). The van der Waals surface area contributed by atoms with Gasteiger partial charge in [0.1, 0.15) is 0 Å². The number of nitrogens with one attached hydrogen (secondary N) is 1. The summed E-state index contributed by atoms with van der Waals surface area (Å²) in [5.41, 5.74) is 1.61. The highest BCUT2D eigenvalue weighted by Crippen LogP contribution is 2.22. The van der Waals surface area contributed by atoms with Crippen molar-refractivity contribution in [1.29, 1.82) is 0 Å². The Balaban J connectivity index is 2.22. The van der Waals surface area contributed by atoms with E-state index in [9.17, 15) is 4.79 Å². The van der Waals surface area contributed by atoms with E-state index < -0.39 is 6.04 Å². The number of nitrogens with zero attached hydrogens (tertiary/aromatic N) is 2. The van der Waals surface area contributed by atoms with E-state index in [2.05, 4.69) is 26.3 Å². The zero-order valence-electron chi connectivity index (χ0n) is 11.3. The van der Waals surface area contributed by atoms with Crippen molar-refractivity contribution in [3.63, 3.8) is 0 Å². The Labute approximate surface area is 126 Å². The minimum atomic E-state index is -0.565. The summed E-state index contributed by atoms with van der Waals surface area (Å²) in [6, 6.07) is 7.05. The zero-order valence-corrected chi connectivity index (χ0v) is 12.9. The second-order valence-corrected chi connectivity index (χ2v) is 5.20. The number of hydrogen-bond acceptors (Lipinski definition) is 4. The molecule has 1 aromatic heterocycles. The lowest BCUT2D eigenvalue weighted by Gasteiger charge is -2.17. The lowest BCUT2D eigenvalue weighted by Crippen LogP contribution is -2.23. The molecule has 5 nitrogen and oxygen atoms in total. The third-order valence-electron chi connectivity index (χ3n) is 2.74. The molecule has 0 aliphatic carbocycles. The number of benzene rings is 1. The van der Waals surface area contributed by atoms with Crippen molar-refractivity contribution < 1.29 is 9.53 Å². The molecule has 0 saturated carbocycles. The van der Waals surface area contributed by atoms with Gasteiger partial charge in [0, 0.05) is 29.0 Å². The van der Waals surface area contributed by atoms with Crippen LogP contribution in [0.15, 0.2) is 41.1 Å². The quantitative estimate of drug-likeness (QED) is 0.852. The molecular formula is C14H16BrN3O2. The van der Waals surface area contributed by atoms with Gasteiger partial charge in [0.05, 0.1) is 12.8 Å². The molecule has 2 aromatic rings. The van der Waals surface area contributed by atoms with E-state index in [0.717, 1.165) is 15.7 Å². The molecule has 1 heterocycles. The third kappa shape index (κ3) is 3.60. The van der Waals surface area contributed by atoms with E-state index in [1.807, 2.05) is 31.3 Å². The second kappa shape index (κ2) is 6.56. The van der Waals surface area contributed by atoms with Crippen molar-refractivity contribution >= 4 is 27.6 Å². The Morgan fingerprint density at radius 3 is 2.70 bits per heavy atom. The fraction of sp³-hybridized carbons (Fsp3) is 0.286. The Kier molecular flexibility index (Phi) is 4.79. The highest BCUT2D eigenvalue weighted by molar-refractivity contribution is 9.10. The van der Waals surface area contributed by atoms with Gasteiger partial charge in [-0.25, -0.2) is 4.79 Å². The van der Waals surface area contributed by atoms with Crippen LogP contribution < -0.4 is 5.32 Å². The topological polar surface area (TPSA) is 56.1 Å². The molecule has 0 bridgehead atoms. The van der Waals surface area contributed by atoms with Gasteiger partial charge in [-0.05, 0) is 31.2 Å².